The predicted molar refractivity (Wildman–Crippen MR) is 63.4 cm³/mol. The molecule has 0 bridgehead atoms. The molecule has 0 atom stereocenters. The van der Waals surface area contributed by atoms with Gasteiger partial charge < -0.3 is 26.5 Å². The molecule has 0 fully saturated rings. The normalized spacial score (nSPS) is 9.00. The van der Waals surface area contributed by atoms with Gasteiger partial charge in [0.05, 0.1) is 17.4 Å². The summed E-state index contributed by atoms with van der Waals surface area (Å²) in [5, 5.41) is 17.6. The molecule has 0 saturated heterocycles. The second kappa shape index (κ2) is 8.43. The fourth-order valence-corrected chi connectivity index (χ4v) is 1.20. The lowest BCUT2D eigenvalue weighted by Crippen LogP contribution is -2.40. The van der Waals surface area contributed by atoms with Crippen molar-refractivity contribution in [2.24, 2.45) is 0 Å². The number of hydrogen-bond donors (Lipinski definition) is 3. The van der Waals surface area contributed by atoms with Gasteiger partial charge >= 0.3 is 5.97 Å². The molecule has 0 aliphatic heterocycles. The summed E-state index contributed by atoms with van der Waals surface area (Å²) in [5.41, 5.74) is 10.8. The summed E-state index contributed by atoms with van der Waals surface area (Å²) in [6, 6.07) is 7.53. The Hall–Kier alpha value is -1.73. The van der Waals surface area contributed by atoms with Crippen LogP contribution in [0.2, 0.25) is 0 Å². The van der Waals surface area contributed by atoms with Gasteiger partial charge in [-0.3, -0.25) is 4.79 Å². The van der Waals surface area contributed by atoms with E-state index in [9.17, 15) is 14.7 Å². The van der Waals surface area contributed by atoms with Crippen LogP contribution in [0, 0.1) is 0 Å². The zero-order valence-electron chi connectivity index (χ0n) is 9.09. The molecule has 17 heavy (non-hydrogen) atoms. The standard InChI is InChI=1S/C6H8N2.C4H6O4S/c7-5-3-1-2-4-6(5)8;5-3(6)1-9-2-4(7)8/h1-4H,7-8H2;1-2H2,(H,5,6)(H,7,8). The number of nitrogen functional groups attached to an aromatic ring is 1. The lowest BCUT2D eigenvalue weighted by Gasteiger charge is -1.96. The van der Waals surface area contributed by atoms with E-state index in [1.807, 2.05) is 24.3 Å². The number of hydrogen-bond acceptors (Lipinski definition) is 5. The monoisotopic (exact) mass is 258 g/mol. The largest absolute Gasteiger partial charge is 0.549 e. The zero-order chi connectivity index (χ0) is 13.3. The minimum atomic E-state index is -1.23. The predicted octanol–water partition coefficient (Wildman–Crippen LogP) is -1.30. The molecular formula is C10H14N2O4S. The zero-order valence-corrected chi connectivity index (χ0v) is 9.90. The number of carbonyl (C=O) groups excluding carboxylic acids is 1. The van der Waals surface area contributed by atoms with E-state index >= 15 is 0 Å². The highest BCUT2D eigenvalue weighted by molar-refractivity contribution is 8.00. The second-order valence-corrected chi connectivity index (χ2v) is 3.94. The molecular weight excluding hydrogens is 244 g/mol. The average molecular weight is 258 g/mol. The van der Waals surface area contributed by atoms with Crippen LogP contribution in [0.15, 0.2) is 24.3 Å². The summed E-state index contributed by atoms with van der Waals surface area (Å²) in [4.78, 5) is 19.4. The van der Waals surface area contributed by atoms with E-state index in [0.29, 0.717) is 0 Å². The number of aliphatic carboxylic acids is 2. The topological polar surface area (TPSA) is 131 Å². The third-order valence-corrected chi connectivity index (χ3v) is 2.39. The van der Waals surface area contributed by atoms with E-state index < -0.39 is 11.9 Å². The lowest BCUT2D eigenvalue weighted by molar-refractivity contribution is -0.301. The number of carbonyl (C=O) groups is 2. The number of carboxylic acid groups (broad SMARTS) is 2. The first kappa shape index (κ1) is 15.3. The Morgan fingerprint density at radius 1 is 1.35 bits per heavy atom. The Bertz CT molecular complexity index is 349. The molecule has 94 valence electrons. The smallest absolute Gasteiger partial charge is 0.313 e. The van der Waals surface area contributed by atoms with Gasteiger partial charge in [0, 0.05) is 11.8 Å². The van der Waals surface area contributed by atoms with Crippen LogP contribution in [0.1, 0.15) is 0 Å². The number of anilines is 1. The number of thioether (sulfide) groups is 1. The van der Waals surface area contributed by atoms with Gasteiger partial charge in [0.25, 0.3) is 0 Å². The van der Waals surface area contributed by atoms with Crippen molar-refractivity contribution in [1.82, 2.24) is 0 Å². The van der Waals surface area contributed by atoms with Crippen LogP contribution in [0.4, 0.5) is 11.4 Å². The van der Waals surface area contributed by atoms with Crippen LogP contribution in [-0.2, 0) is 9.59 Å². The maximum Gasteiger partial charge on any atom is 0.313 e. The van der Waals surface area contributed by atoms with Crippen molar-refractivity contribution in [2.75, 3.05) is 17.2 Å². The molecule has 6 N–H and O–H groups in total. The van der Waals surface area contributed by atoms with Gasteiger partial charge in [-0.2, -0.15) is 0 Å². The third kappa shape index (κ3) is 9.21. The summed E-state index contributed by atoms with van der Waals surface area (Å²) in [6.45, 7) is 0. The average Bonchev–Trinajstić information content (AvgIpc) is 2.22. The van der Waals surface area contributed by atoms with Gasteiger partial charge in [-0.15, -0.1) is 11.8 Å². The van der Waals surface area contributed by atoms with E-state index in [4.69, 9.17) is 10.8 Å². The van der Waals surface area contributed by atoms with Crippen molar-refractivity contribution < 1.29 is 25.5 Å². The molecule has 0 saturated carbocycles. The summed E-state index contributed by atoms with van der Waals surface area (Å²) >= 11 is 0.808. The van der Waals surface area contributed by atoms with Crippen molar-refractivity contribution in [2.45, 2.75) is 0 Å². The summed E-state index contributed by atoms with van der Waals surface area (Å²) < 4.78 is 0. The molecule has 0 amide bonds. The molecule has 0 aliphatic rings. The van der Waals surface area contributed by atoms with Gasteiger partial charge in [-0.25, -0.2) is 0 Å². The first-order valence-electron chi connectivity index (χ1n) is 4.59. The van der Waals surface area contributed by atoms with Crippen molar-refractivity contribution in [1.29, 1.82) is 0 Å². The molecule has 1 aromatic carbocycles. The Labute approximate surface area is 103 Å². The Morgan fingerprint density at radius 3 is 2.29 bits per heavy atom. The minimum Gasteiger partial charge on any atom is -0.549 e. The molecule has 0 aromatic heterocycles. The first-order chi connectivity index (χ1) is 7.93. The van der Waals surface area contributed by atoms with Gasteiger partial charge in [0.2, 0.25) is 0 Å². The number of para-hydroxylation sites is 1. The van der Waals surface area contributed by atoms with E-state index in [1.165, 1.54) is 0 Å². The number of carboxylic acids is 2. The number of rotatable bonds is 4. The minimum absolute atomic E-state index is 0.187. The molecule has 0 unspecified atom stereocenters. The van der Waals surface area contributed by atoms with Gasteiger partial charge in [-0.05, 0) is 6.07 Å². The number of nitrogens with two attached hydrogens (primary N) is 1. The van der Waals surface area contributed by atoms with E-state index in [0.717, 1.165) is 23.1 Å². The second-order valence-electron chi connectivity index (χ2n) is 2.96. The highest BCUT2D eigenvalue weighted by atomic mass is 32.2. The molecule has 0 spiro atoms. The maximum atomic E-state index is 9.75. The van der Waals surface area contributed by atoms with Gasteiger partial charge in [-0.1, -0.05) is 12.1 Å². The molecule has 0 radical (unpaired) electrons. The molecule has 6 nitrogen and oxygen atoms in total. The molecule has 1 rings (SSSR count). The number of quaternary nitrogens is 1. The summed E-state index contributed by atoms with van der Waals surface area (Å²) in [5.74, 6) is -2.69. The molecule has 1 aromatic rings. The van der Waals surface area contributed by atoms with Crippen LogP contribution in [-0.4, -0.2) is 28.6 Å². The maximum absolute atomic E-state index is 9.75. The van der Waals surface area contributed by atoms with Crippen molar-refractivity contribution >= 4 is 35.1 Å². The van der Waals surface area contributed by atoms with Crippen molar-refractivity contribution in [3.63, 3.8) is 0 Å². The summed E-state index contributed by atoms with van der Waals surface area (Å²) in [6.07, 6.45) is 0. The molecule has 7 heteroatoms. The molecule has 0 heterocycles. The van der Waals surface area contributed by atoms with E-state index in [2.05, 4.69) is 5.73 Å². The van der Waals surface area contributed by atoms with Crippen LogP contribution in [0.25, 0.3) is 0 Å². The van der Waals surface area contributed by atoms with Gasteiger partial charge in [0.15, 0.2) is 5.69 Å². The quantitative estimate of drug-likeness (QED) is 0.575. The van der Waals surface area contributed by atoms with E-state index in [-0.39, 0.29) is 11.5 Å². The highest BCUT2D eigenvalue weighted by Gasteiger charge is 1.95. The number of benzene rings is 1. The van der Waals surface area contributed by atoms with E-state index in [1.54, 1.807) is 0 Å². The Balaban J connectivity index is 0.000000302. The molecule has 0 aliphatic carbocycles. The third-order valence-electron chi connectivity index (χ3n) is 1.50. The van der Waals surface area contributed by atoms with Crippen LogP contribution in [0.5, 0.6) is 0 Å². The Morgan fingerprint density at radius 2 is 1.94 bits per heavy atom. The van der Waals surface area contributed by atoms with Crippen LogP contribution >= 0.6 is 11.8 Å². The lowest BCUT2D eigenvalue weighted by atomic mass is 10.3. The Kier molecular flexibility index (Phi) is 7.57. The summed E-state index contributed by atoms with van der Waals surface area (Å²) in [7, 11) is 0. The van der Waals surface area contributed by atoms with Gasteiger partial charge in [0.1, 0.15) is 0 Å². The first-order valence-corrected chi connectivity index (χ1v) is 5.74. The highest BCUT2D eigenvalue weighted by Crippen LogP contribution is 2.08. The van der Waals surface area contributed by atoms with Crippen LogP contribution in [0.3, 0.4) is 0 Å². The fraction of sp³-hybridized carbons (Fsp3) is 0.200. The van der Waals surface area contributed by atoms with Crippen molar-refractivity contribution in [3.8, 4) is 0 Å². The fourth-order valence-electron chi connectivity index (χ4n) is 0.756. The van der Waals surface area contributed by atoms with Crippen molar-refractivity contribution in [3.05, 3.63) is 24.3 Å². The SMILES string of the molecule is Nc1ccccc1[NH3+].O=C([O-])CSCC(=O)O. The van der Waals surface area contributed by atoms with Crippen LogP contribution < -0.4 is 16.6 Å².